The molecule has 1 aliphatic rings. The molecule has 3 nitrogen and oxygen atoms in total. The van der Waals surface area contributed by atoms with E-state index >= 15 is 0 Å². The molecule has 1 aromatic carbocycles. The van der Waals surface area contributed by atoms with Gasteiger partial charge in [-0.3, -0.25) is 4.79 Å². The van der Waals surface area contributed by atoms with Crippen molar-refractivity contribution in [3.8, 4) is 0 Å². The number of nitrogens with two attached hydrogens (primary N) is 1. The van der Waals surface area contributed by atoms with E-state index in [9.17, 15) is 4.79 Å². The first-order valence-electron chi connectivity index (χ1n) is 5.87. The second-order valence-corrected chi connectivity index (χ2v) is 5.71. The Kier molecular flexibility index (Phi) is 3.84. The van der Waals surface area contributed by atoms with Gasteiger partial charge in [0, 0.05) is 23.0 Å². The molecule has 0 saturated heterocycles. The maximum atomic E-state index is 11.7. The van der Waals surface area contributed by atoms with Crippen molar-refractivity contribution in [1.82, 2.24) is 5.32 Å². The van der Waals surface area contributed by atoms with Gasteiger partial charge in [-0.2, -0.15) is 0 Å². The van der Waals surface area contributed by atoms with Crippen LogP contribution in [0.25, 0.3) is 0 Å². The van der Waals surface area contributed by atoms with Gasteiger partial charge in [0.1, 0.15) is 0 Å². The van der Waals surface area contributed by atoms with Crippen molar-refractivity contribution in [3.05, 3.63) is 34.3 Å². The van der Waals surface area contributed by atoms with Crippen LogP contribution in [0.1, 0.15) is 31.2 Å². The number of hydrogen-bond donors (Lipinski definition) is 2. The first kappa shape index (κ1) is 12.6. The number of carbonyl (C=O) groups is 1. The summed E-state index contributed by atoms with van der Waals surface area (Å²) in [6, 6.07) is 7.92. The minimum absolute atomic E-state index is 0.0510. The van der Waals surface area contributed by atoms with Crippen molar-refractivity contribution in [2.45, 2.75) is 37.8 Å². The molecule has 0 radical (unpaired) electrons. The highest BCUT2D eigenvalue weighted by Crippen LogP contribution is 2.31. The minimum atomic E-state index is -0.232. The van der Waals surface area contributed by atoms with E-state index in [1.807, 2.05) is 24.3 Å². The van der Waals surface area contributed by atoms with Crippen LogP contribution in [0.5, 0.6) is 0 Å². The highest BCUT2D eigenvalue weighted by Gasteiger charge is 2.34. The maximum Gasteiger partial charge on any atom is 0.222 e. The van der Waals surface area contributed by atoms with E-state index in [1.165, 1.54) is 0 Å². The van der Waals surface area contributed by atoms with Crippen molar-refractivity contribution < 1.29 is 4.79 Å². The fourth-order valence-corrected chi connectivity index (χ4v) is 2.26. The lowest BCUT2D eigenvalue weighted by Gasteiger charge is -2.37. The first-order valence-corrected chi connectivity index (χ1v) is 6.67. The third-order valence-electron chi connectivity index (χ3n) is 3.26. The predicted octanol–water partition coefficient (Wildman–Crippen LogP) is 2.34. The summed E-state index contributed by atoms with van der Waals surface area (Å²) in [6.45, 7) is 0.572. The van der Waals surface area contributed by atoms with Gasteiger partial charge in [-0.15, -0.1) is 0 Å². The highest BCUT2D eigenvalue weighted by atomic mass is 79.9. The Morgan fingerprint density at radius 2 is 2.00 bits per heavy atom. The Morgan fingerprint density at radius 3 is 2.53 bits per heavy atom. The van der Waals surface area contributed by atoms with Gasteiger partial charge in [0.2, 0.25) is 5.91 Å². The third-order valence-corrected chi connectivity index (χ3v) is 3.79. The van der Waals surface area contributed by atoms with Gasteiger partial charge in [0.05, 0.1) is 0 Å². The molecule has 0 atom stereocenters. The fourth-order valence-electron chi connectivity index (χ4n) is 1.99. The third kappa shape index (κ3) is 3.54. The normalized spacial score (nSPS) is 17.3. The lowest BCUT2D eigenvalue weighted by molar-refractivity contribution is -0.123. The number of benzene rings is 1. The number of nitrogens with one attached hydrogen (secondary N) is 1. The molecule has 17 heavy (non-hydrogen) atoms. The smallest absolute Gasteiger partial charge is 0.222 e. The zero-order valence-electron chi connectivity index (χ0n) is 9.71. The molecule has 2 rings (SSSR count). The number of halogens is 1. The molecule has 1 fully saturated rings. The van der Waals surface area contributed by atoms with Crippen LogP contribution in [0.2, 0.25) is 0 Å². The molecule has 0 aliphatic heterocycles. The van der Waals surface area contributed by atoms with Gasteiger partial charge < -0.3 is 11.1 Å². The number of carbonyl (C=O) groups excluding carboxylic acids is 1. The average Bonchev–Trinajstić information content (AvgIpc) is 2.26. The second kappa shape index (κ2) is 5.19. The van der Waals surface area contributed by atoms with Crippen LogP contribution in [0, 0.1) is 0 Å². The molecule has 92 valence electrons. The van der Waals surface area contributed by atoms with Gasteiger partial charge in [-0.05, 0) is 37.0 Å². The molecule has 0 spiro atoms. The van der Waals surface area contributed by atoms with Gasteiger partial charge in [0.25, 0.3) is 0 Å². The summed E-state index contributed by atoms with van der Waals surface area (Å²) in [5.41, 5.74) is 6.89. The van der Waals surface area contributed by atoms with Crippen molar-refractivity contribution in [1.29, 1.82) is 0 Å². The van der Waals surface area contributed by atoms with Crippen LogP contribution in [-0.2, 0) is 11.3 Å². The molecule has 0 bridgehead atoms. The van der Waals surface area contributed by atoms with E-state index in [0.717, 1.165) is 29.3 Å². The lowest BCUT2D eigenvalue weighted by Crippen LogP contribution is -2.49. The molecule has 0 heterocycles. The predicted molar refractivity (Wildman–Crippen MR) is 71.4 cm³/mol. The number of rotatable bonds is 4. The van der Waals surface area contributed by atoms with Crippen LogP contribution in [-0.4, -0.2) is 11.4 Å². The quantitative estimate of drug-likeness (QED) is 0.896. The SMILES string of the molecule is NC1(CC(=O)NCc2ccc(Br)cc2)CCC1. The summed E-state index contributed by atoms with van der Waals surface area (Å²) in [4.78, 5) is 11.7. The lowest BCUT2D eigenvalue weighted by atomic mass is 9.75. The Morgan fingerprint density at radius 1 is 1.35 bits per heavy atom. The molecular weight excluding hydrogens is 280 g/mol. The Bertz CT molecular complexity index is 398. The van der Waals surface area contributed by atoms with Crippen LogP contribution < -0.4 is 11.1 Å². The van der Waals surface area contributed by atoms with E-state index in [2.05, 4.69) is 21.2 Å². The summed E-state index contributed by atoms with van der Waals surface area (Å²) in [6.07, 6.45) is 3.54. The van der Waals surface area contributed by atoms with E-state index < -0.39 is 0 Å². The molecule has 1 aromatic rings. The van der Waals surface area contributed by atoms with E-state index in [-0.39, 0.29) is 11.4 Å². The monoisotopic (exact) mass is 296 g/mol. The number of hydrogen-bond acceptors (Lipinski definition) is 2. The molecule has 0 unspecified atom stereocenters. The van der Waals surface area contributed by atoms with Gasteiger partial charge >= 0.3 is 0 Å². The molecular formula is C13H17BrN2O. The zero-order chi connectivity index (χ0) is 12.3. The van der Waals surface area contributed by atoms with Gasteiger partial charge in [0.15, 0.2) is 0 Å². The van der Waals surface area contributed by atoms with Gasteiger partial charge in [-0.25, -0.2) is 0 Å². The van der Waals surface area contributed by atoms with E-state index in [1.54, 1.807) is 0 Å². The zero-order valence-corrected chi connectivity index (χ0v) is 11.3. The van der Waals surface area contributed by atoms with Crippen LogP contribution in [0.15, 0.2) is 28.7 Å². The van der Waals surface area contributed by atoms with E-state index in [0.29, 0.717) is 13.0 Å². The first-order chi connectivity index (χ1) is 8.07. The maximum absolute atomic E-state index is 11.7. The second-order valence-electron chi connectivity index (χ2n) is 4.80. The molecule has 0 aromatic heterocycles. The Labute approximate surface area is 110 Å². The van der Waals surface area contributed by atoms with Crippen molar-refractivity contribution in [3.63, 3.8) is 0 Å². The minimum Gasteiger partial charge on any atom is -0.352 e. The van der Waals surface area contributed by atoms with Gasteiger partial charge in [-0.1, -0.05) is 28.1 Å². The van der Waals surface area contributed by atoms with Crippen LogP contribution in [0.3, 0.4) is 0 Å². The Hall–Kier alpha value is -0.870. The fraction of sp³-hybridized carbons (Fsp3) is 0.462. The molecule has 1 saturated carbocycles. The summed E-state index contributed by atoms with van der Waals surface area (Å²) in [5.74, 6) is 0.0510. The molecule has 4 heteroatoms. The molecule has 1 aliphatic carbocycles. The Balaban J connectivity index is 1.78. The average molecular weight is 297 g/mol. The summed E-state index contributed by atoms with van der Waals surface area (Å²) in [5, 5.41) is 2.91. The van der Waals surface area contributed by atoms with E-state index in [4.69, 9.17) is 5.73 Å². The van der Waals surface area contributed by atoms with Crippen LogP contribution >= 0.6 is 15.9 Å². The highest BCUT2D eigenvalue weighted by molar-refractivity contribution is 9.10. The largest absolute Gasteiger partial charge is 0.352 e. The summed E-state index contributed by atoms with van der Waals surface area (Å²) in [7, 11) is 0. The number of amides is 1. The summed E-state index contributed by atoms with van der Waals surface area (Å²) >= 11 is 3.38. The standard InChI is InChI=1S/C13H17BrN2O/c14-11-4-2-10(3-5-11)9-16-12(17)8-13(15)6-1-7-13/h2-5H,1,6-9,15H2,(H,16,17). The summed E-state index contributed by atoms with van der Waals surface area (Å²) < 4.78 is 1.04. The van der Waals surface area contributed by atoms with Crippen molar-refractivity contribution >= 4 is 21.8 Å². The van der Waals surface area contributed by atoms with Crippen molar-refractivity contribution in [2.24, 2.45) is 5.73 Å². The van der Waals surface area contributed by atoms with Crippen molar-refractivity contribution in [2.75, 3.05) is 0 Å². The molecule has 3 N–H and O–H groups in total. The topological polar surface area (TPSA) is 55.1 Å². The molecule has 1 amide bonds. The van der Waals surface area contributed by atoms with Crippen LogP contribution in [0.4, 0.5) is 0 Å².